The lowest BCUT2D eigenvalue weighted by Crippen LogP contribution is -2.58. The van der Waals surface area contributed by atoms with Gasteiger partial charge in [-0.25, -0.2) is 0 Å². The molecule has 6 nitrogen and oxygen atoms in total. The third-order valence-corrected chi connectivity index (χ3v) is 8.56. The van der Waals surface area contributed by atoms with Crippen LogP contribution in [0.5, 0.6) is 0 Å². The summed E-state index contributed by atoms with van der Waals surface area (Å²) in [6, 6.07) is 9.51. The summed E-state index contributed by atoms with van der Waals surface area (Å²) in [4.78, 5) is 30.2. The Morgan fingerprint density at radius 1 is 1.10 bits per heavy atom. The summed E-state index contributed by atoms with van der Waals surface area (Å²) in [6.07, 6.45) is 4.59. The zero-order chi connectivity index (χ0) is 21.6. The van der Waals surface area contributed by atoms with E-state index in [1.54, 1.807) is 11.8 Å². The molecule has 1 aliphatic heterocycles. The summed E-state index contributed by atoms with van der Waals surface area (Å²) < 4.78 is 0. The minimum absolute atomic E-state index is 0.0600. The van der Waals surface area contributed by atoms with E-state index < -0.39 is 12.1 Å². The number of carbonyl (C=O) groups excluding carboxylic acids is 2. The van der Waals surface area contributed by atoms with E-state index in [-0.39, 0.29) is 17.2 Å². The molecule has 5 aliphatic rings. The highest BCUT2D eigenvalue weighted by Crippen LogP contribution is 2.71. The molecule has 4 unspecified atom stereocenters. The van der Waals surface area contributed by atoms with Crippen LogP contribution in [0.2, 0.25) is 0 Å². The van der Waals surface area contributed by atoms with E-state index in [9.17, 15) is 14.7 Å². The minimum atomic E-state index is -0.898. The van der Waals surface area contributed by atoms with Gasteiger partial charge in [0.25, 0.3) is 0 Å². The molecule has 1 saturated heterocycles. The zero-order valence-corrected chi connectivity index (χ0v) is 18.5. The Balaban J connectivity index is 1.14. The number of aliphatic hydroxyl groups is 1. The number of rotatable bonds is 7. The molecule has 1 aromatic rings. The first-order valence-electron chi connectivity index (χ1n) is 12.0. The number of carbonyl (C=O) groups is 2. The molecule has 6 rings (SSSR count). The van der Waals surface area contributed by atoms with Crippen molar-refractivity contribution in [3.63, 3.8) is 0 Å². The average molecular weight is 426 g/mol. The number of nitrogens with one attached hydrogen (secondary N) is 1. The van der Waals surface area contributed by atoms with Crippen molar-refractivity contribution in [1.82, 2.24) is 15.1 Å². The molecule has 168 valence electrons. The zero-order valence-electron chi connectivity index (χ0n) is 18.5. The predicted molar refractivity (Wildman–Crippen MR) is 118 cm³/mol. The maximum absolute atomic E-state index is 13.1. The van der Waals surface area contributed by atoms with Crippen molar-refractivity contribution in [2.24, 2.45) is 23.2 Å². The lowest BCUT2D eigenvalue weighted by atomic mass is 9.77. The summed E-state index contributed by atoms with van der Waals surface area (Å²) in [6.45, 7) is 5.33. The van der Waals surface area contributed by atoms with Gasteiger partial charge in [0.2, 0.25) is 11.8 Å². The second-order valence-electron chi connectivity index (χ2n) is 10.5. The van der Waals surface area contributed by atoms with Gasteiger partial charge in [-0.1, -0.05) is 30.3 Å². The molecule has 6 heteroatoms. The molecule has 1 aromatic carbocycles. The van der Waals surface area contributed by atoms with E-state index in [0.717, 1.165) is 31.5 Å². The predicted octanol–water partition coefficient (Wildman–Crippen LogP) is 2.02. The summed E-state index contributed by atoms with van der Waals surface area (Å²) in [5.74, 6) is 2.15. The summed E-state index contributed by atoms with van der Waals surface area (Å²) in [5, 5.41) is 13.2. The number of piperazine rings is 1. The van der Waals surface area contributed by atoms with E-state index in [4.69, 9.17) is 0 Å². The number of hydrogen-bond acceptors (Lipinski definition) is 4. The normalized spacial score (nSPS) is 33.6. The van der Waals surface area contributed by atoms with Crippen molar-refractivity contribution in [3.05, 3.63) is 35.9 Å². The molecule has 31 heavy (non-hydrogen) atoms. The van der Waals surface area contributed by atoms with Gasteiger partial charge in [-0.15, -0.1) is 0 Å². The first-order valence-corrected chi connectivity index (χ1v) is 12.0. The maximum atomic E-state index is 13.1. The molecule has 0 spiro atoms. The van der Waals surface area contributed by atoms with E-state index in [1.165, 1.54) is 31.2 Å². The number of hydrogen-bond donors (Lipinski definition) is 2. The largest absolute Gasteiger partial charge is 0.391 e. The Labute approximate surface area is 185 Å². The Kier molecular flexibility index (Phi) is 5.55. The molecule has 5 fully saturated rings. The van der Waals surface area contributed by atoms with E-state index in [0.29, 0.717) is 25.4 Å². The Hall–Kier alpha value is -1.92. The summed E-state index contributed by atoms with van der Waals surface area (Å²) >= 11 is 0. The smallest absolute Gasteiger partial charge is 0.247 e. The van der Waals surface area contributed by atoms with Crippen molar-refractivity contribution in [1.29, 1.82) is 0 Å². The maximum Gasteiger partial charge on any atom is 0.247 e. The molecule has 4 aliphatic carbocycles. The fourth-order valence-electron chi connectivity index (χ4n) is 7.06. The first kappa shape index (κ1) is 21.0. The van der Waals surface area contributed by atoms with Crippen LogP contribution >= 0.6 is 0 Å². The van der Waals surface area contributed by atoms with E-state index >= 15 is 0 Å². The molecule has 2 amide bonds. The molecular weight excluding hydrogens is 390 g/mol. The van der Waals surface area contributed by atoms with Crippen LogP contribution in [0.3, 0.4) is 0 Å². The third-order valence-electron chi connectivity index (χ3n) is 8.56. The number of benzene rings is 1. The summed E-state index contributed by atoms with van der Waals surface area (Å²) in [7, 11) is 0. The number of nitrogens with zero attached hydrogens (tertiary/aromatic N) is 2. The lowest BCUT2D eigenvalue weighted by Gasteiger charge is -2.37. The van der Waals surface area contributed by atoms with Crippen molar-refractivity contribution < 1.29 is 14.7 Å². The quantitative estimate of drug-likeness (QED) is 0.701. The van der Waals surface area contributed by atoms with Crippen LogP contribution in [0.25, 0.3) is 0 Å². The van der Waals surface area contributed by atoms with Gasteiger partial charge in [-0.2, -0.15) is 0 Å². The van der Waals surface area contributed by atoms with Crippen LogP contribution in [-0.2, 0) is 16.1 Å². The molecule has 4 atom stereocenters. The Bertz CT molecular complexity index is 805. The second-order valence-corrected chi connectivity index (χ2v) is 10.5. The van der Waals surface area contributed by atoms with E-state index in [2.05, 4.69) is 22.3 Å². The van der Waals surface area contributed by atoms with Crippen LogP contribution in [0.4, 0.5) is 0 Å². The van der Waals surface area contributed by atoms with Gasteiger partial charge in [0.15, 0.2) is 0 Å². The highest BCUT2D eigenvalue weighted by molar-refractivity contribution is 5.88. The third kappa shape index (κ3) is 4.00. The van der Waals surface area contributed by atoms with Crippen LogP contribution in [0.15, 0.2) is 30.3 Å². The SMILES string of the molecule is CC(O)C(NC(=O)CC12CC3CC1CC3C2)C(=O)N1CCN(Cc2ccccc2)CC1. The van der Waals surface area contributed by atoms with Crippen LogP contribution in [0, 0.1) is 23.2 Å². The van der Waals surface area contributed by atoms with Gasteiger partial charge in [0.1, 0.15) is 6.04 Å². The fourth-order valence-corrected chi connectivity index (χ4v) is 7.06. The monoisotopic (exact) mass is 425 g/mol. The molecule has 0 radical (unpaired) electrons. The highest BCUT2D eigenvalue weighted by atomic mass is 16.3. The fraction of sp³-hybridized carbons (Fsp3) is 0.680. The molecule has 0 aromatic heterocycles. The Morgan fingerprint density at radius 3 is 2.29 bits per heavy atom. The molecular formula is C25H35N3O3. The average Bonchev–Trinajstić information content (AvgIpc) is 3.47. The van der Waals surface area contributed by atoms with Gasteiger partial charge >= 0.3 is 0 Å². The molecule has 4 bridgehead atoms. The van der Waals surface area contributed by atoms with Crippen molar-refractivity contribution in [2.45, 2.75) is 57.7 Å². The van der Waals surface area contributed by atoms with Gasteiger partial charge in [0, 0.05) is 39.1 Å². The second kappa shape index (κ2) is 8.21. The van der Waals surface area contributed by atoms with Crippen molar-refractivity contribution in [2.75, 3.05) is 26.2 Å². The lowest BCUT2D eigenvalue weighted by molar-refractivity contribution is -0.141. The number of aliphatic hydroxyl groups excluding tert-OH is 1. The van der Waals surface area contributed by atoms with Gasteiger partial charge in [-0.05, 0) is 61.3 Å². The van der Waals surface area contributed by atoms with Gasteiger partial charge < -0.3 is 15.3 Å². The van der Waals surface area contributed by atoms with Crippen LogP contribution in [-0.4, -0.2) is 65.0 Å². The minimum Gasteiger partial charge on any atom is -0.391 e. The van der Waals surface area contributed by atoms with Crippen molar-refractivity contribution in [3.8, 4) is 0 Å². The van der Waals surface area contributed by atoms with Gasteiger partial charge in [0.05, 0.1) is 6.10 Å². The highest BCUT2D eigenvalue weighted by Gasteiger charge is 2.63. The summed E-state index contributed by atoms with van der Waals surface area (Å²) in [5.41, 5.74) is 1.45. The Morgan fingerprint density at radius 2 is 1.74 bits per heavy atom. The number of amides is 2. The standard InChI is InChI=1S/C25H35N3O3/c1-17(29)23(26-22(30)15-25-13-19-11-21(25)12-20(19)14-25)24(31)28-9-7-27(8-10-28)16-18-5-3-2-4-6-18/h2-6,17,19-21,23,29H,7-16H2,1H3,(H,26,30). The first-order chi connectivity index (χ1) is 14.9. The molecule has 2 N–H and O–H groups in total. The van der Waals surface area contributed by atoms with Gasteiger partial charge in [-0.3, -0.25) is 14.5 Å². The molecule has 4 saturated carbocycles. The van der Waals surface area contributed by atoms with Crippen molar-refractivity contribution >= 4 is 11.8 Å². The topological polar surface area (TPSA) is 72.9 Å². The van der Waals surface area contributed by atoms with Crippen LogP contribution < -0.4 is 5.32 Å². The van der Waals surface area contributed by atoms with Crippen LogP contribution in [0.1, 0.15) is 44.6 Å². The van der Waals surface area contributed by atoms with E-state index in [1.807, 2.05) is 18.2 Å². The molecule has 1 heterocycles.